The third kappa shape index (κ3) is 2.79. The van der Waals surface area contributed by atoms with Gasteiger partial charge in [-0.1, -0.05) is 15.9 Å². The van der Waals surface area contributed by atoms with Gasteiger partial charge in [0.25, 0.3) is 5.69 Å². The summed E-state index contributed by atoms with van der Waals surface area (Å²) in [6.07, 6.45) is 0. The number of halogens is 1. The normalized spacial score (nSPS) is 13.3. The molecule has 1 atom stereocenters. The summed E-state index contributed by atoms with van der Waals surface area (Å²) in [5, 5.41) is 20.4. The zero-order valence-electron chi connectivity index (χ0n) is 10.8. The molecule has 20 heavy (non-hydrogen) atoms. The smallest absolute Gasteiger partial charge is 0.328 e. The van der Waals surface area contributed by atoms with E-state index in [0.29, 0.717) is 4.47 Å². The van der Waals surface area contributed by atoms with Gasteiger partial charge in [0.05, 0.1) is 17.1 Å². The number of carbonyl (C=O) groups excluding carboxylic acids is 1. The second-order valence-electron chi connectivity index (χ2n) is 4.07. The lowest BCUT2D eigenvalue weighted by molar-refractivity contribution is -0.386. The fourth-order valence-corrected chi connectivity index (χ4v) is 2.02. The van der Waals surface area contributed by atoms with Crippen LogP contribution in [0.5, 0.6) is 0 Å². The predicted molar refractivity (Wildman–Crippen MR) is 72.4 cm³/mol. The molecule has 0 aromatic heterocycles. The summed E-state index contributed by atoms with van der Waals surface area (Å²) in [6.45, 7) is 2.59. The molecule has 0 fully saturated rings. The van der Waals surface area contributed by atoms with Crippen LogP contribution in [0.4, 0.5) is 5.69 Å². The van der Waals surface area contributed by atoms with Crippen LogP contribution in [0.1, 0.15) is 19.4 Å². The minimum Gasteiger partial charge on any atom is -0.480 e. The topological polar surface area (TPSA) is 107 Å². The van der Waals surface area contributed by atoms with Gasteiger partial charge in [0.2, 0.25) is 0 Å². The number of aliphatic carboxylic acids is 1. The molecule has 0 radical (unpaired) electrons. The van der Waals surface area contributed by atoms with E-state index in [4.69, 9.17) is 4.74 Å². The lowest BCUT2D eigenvalue weighted by Gasteiger charge is -2.22. The minimum absolute atomic E-state index is 0.0218. The van der Waals surface area contributed by atoms with E-state index in [1.165, 1.54) is 19.1 Å². The van der Waals surface area contributed by atoms with Gasteiger partial charge in [0.1, 0.15) is 0 Å². The average molecular weight is 346 g/mol. The van der Waals surface area contributed by atoms with E-state index in [1.807, 2.05) is 0 Å². The van der Waals surface area contributed by atoms with Crippen molar-refractivity contribution in [2.24, 2.45) is 0 Å². The van der Waals surface area contributed by atoms with Crippen LogP contribution in [0, 0.1) is 10.1 Å². The van der Waals surface area contributed by atoms with Crippen molar-refractivity contribution in [3.05, 3.63) is 38.3 Å². The summed E-state index contributed by atoms with van der Waals surface area (Å²) < 4.78 is 5.14. The van der Waals surface area contributed by atoms with Crippen molar-refractivity contribution in [1.29, 1.82) is 0 Å². The van der Waals surface area contributed by atoms with Gasteiger partial charge in [-0.15, -0.1) is 0 Å². The molecule has 0 heterocycles. The monoisotopic (exact) mass is 345 g/mol. The Hall–Kier alpha value is -1.96. The lowest BCUT2D eigenvalue weighted by atomic mass is 9.81. The van der Waals surface area contributed by atoms with E-state index >= 15 is 0 Å². The van der Waals surface area contributed by atoms with Crippen molar-refractivity contribution in [2.45, 2.75) is 19.3 Å². The highest BCUT2D eigenvalue weighted by molar-refractivity contribution is 9.10. The van der Waals surface area contributed by atoms with Crippen molar-refractivity contribution in [3.63, 3.8) is 0 Å². The fraction of sp³-hybridized carbons (Fsp3) is 0.333. The summed E-state index contributed by atoms with van der Waals surface area (Å²) in [7, 11) is 0. The van der Waals surface area contributed by atoms with Gasteiger partial charge in [-0.05, 0) is 26.0 Å². The number of carboxylic acid groups (broad SMARTS) is 1. The van der Waals surface area contributed by atoms with Gasteiger partial charge in [0.15, 0.2) is 5.41 Å². The molecule has 0 aliphatic heterocycles. The molecule has 7 nitrogen and oxygen atoms in total. The molecule has 1 unspecified atom stereocenters. The molecule has 1 N–H and O–H groups in total. The first-order valence-corrected chi connectivity index (χ1v) is 6.39. The number of carbonyl (C=O) groups is 2. The van der Waals surface area contributed by atoms with E-state index in [0.717, 1.165) is 13.0 Å². The number of nitro benzene ring substituents is 1. The predicted octanol–water partition coefficient (Wildman–Crippen LogP) is 2.26. The Morgan fingerprint density at radius 2 is 2.10 bits per heavy atom. The Labute approximate surface area is 122 Å². The van der Waals surface area contributed by atoms with Crippen molar-refractivity contribution in [2.75, 3.05) is 6.61 Å². The molecule has 0 aliphatic carbocycles. The molecule has 0 spiro atoms. The van der Waals surface area contributed by atoms with Crippen LogP contribution in [-0.4, -0.2) is 28.6 Å². The Morgan fingerprint density at radius 1 is 1.50 bits per heavy atom. The van der Waals surface area contributed by atoms with Gasteiger partial charge >= 0.3 is 11.9 Å². The largest absolute Gasteiger partial charge is 0.480 e. The van der Waals surface area contributed by atoms with Crippen LogP contribution >= 0.6 is 15.9 Å². The standard InChI is InChI=1S/C12H12BrNO6/c1-3-20-11(17)12(2,10(15)16)8-5-4-7(13)6-9(8)14(18)19/h4-6H,3H2,1-2H3,(H,15,16). The highest BCUT2D eigenvalue weighted by Gasteiger charge is 2.48. The first-order chi connectivity index (χ1) is 9.25. The molecule has 8 heteroatoms. The Morgan fingerprint density at radius 3 is 2.55 bits per heavy atom. The number of nitrogens with zero attached hydrogens (tertiary/aromatic N) is 1. The van der Waals surface area contributed by atoms with Crippen molar-refractivity contribution < 1.29 is 24.4 Å². The van der Waals surface area contributed by atoms with Gasteiger partial charge < -0.3 is 9.84 Å². The van der Waals surface area contributed by atoms with Crippen molar-refractivity contribution in [1.82, 2.24) is 0 Å². The summed E-state index contributed by atoms with van der Waals surface area (Å²) in [5.41, 5.74) is -2.83. The molecule has 0 aliphatic rings. The average Bonchev–Trinajstić information content (AvgIpc) is 2.37. The lowest BCUT2D eigenvalue weighted by Crippen LogP contribution is -2.42. The van der Waals surface area contributed by atoms with Gasteiger partial charge in [0, 0.05) is 10.5 Å². The molecule has 1 aromatic carbocycles. The maximum Gasteiger partial charge on any atom is 0.328 e. The molecule has 0 amide bonds. The first kappa shape index (κ1) is 16.1. The second kappa shape index (κ2) is 6.00. The van der Waals surface area contributed by atoms with Gasteiger partial charge in [-0.25, -0.2) is 0 Å². The molecule has 108 valence electrons. The van der Waals surface area contributed by atoms with Gasteiger partial charge in [-0.2, -0.15) is 0 Å². The maximum atomic E-state index is 11.9. The third-order valence-electron chi connectivity index (χ3n) is 2.81. The number of hydrogen-bond donors (Lipinski definition) is 1. The number of benzene rings is 1. The SMILES string of the molecule is CCOC(=O)C(C)(C(=O)O)c1ccc(Br)cc1[N+](=O)[O-]. The van der Waals surface area contributed by atoms with Crippen LogP contribution in [0.2, 0.25) is 0 Å². The molecule has 0 saturated heterocycles. The number of esters is 1. The highest BCUT2D eigenvalue weighted by atomic mass is 79.9. The summed E-state index contributed by atoms with van der Waals surface area (Å²) in [5.74, 6) is -2.56. The van der Waals surface area contributed by atoms with Crippen LogP contribution in [0.3, 0.4) is 0 Å². The number of carboxylic acids is 1. The number of hydrogen-bond acceptors (Lipinski definition) is 5. The van der Waals surface area contributed by atoms with Crippen molar-refractivity contribution >= 4 is 33.6 Å². The summed E-state index contributed by atoms with van der Waals surface area (Å²) >= 11 is 3.07. The van der Waals surface area contributed by atoms with E-state index < -0.39 is 28.0 Å². The number of rotatable bonds is 5. The summed E-state index contributed by atoms with van der Waals surface area (Å²) in [4.78, 5) is 33.7. The molecule has 1 aromatic rings. The van der Waals surface area contributed by atoms with Crippen LogP contribution in [0.15, 0.2) is 22.7 Å². The van der Waals surface area contributed by atoms with E-state index in [-0.39, 0.29) is 12.2 Å². The van der Waals surface area contributed by atoms with Crippen LogP contribution in [0.25, 0.3) is 0 Å². The van der Waals surface area contributed by atoms with Crippen molar-refractivity contribution in [3.8, 4) is 0 Å². The zero-order chi connectivity index (χ0) is 15.5. The Bertz CT molecular complexity index is 573. The maximum absolute atomic E-state index is 11.9. The quantitative estimate of drug-likeness (QED) is 0.379. The highest BCUT2D eigenvalue weighted by Crippen LogP contribution is 2.35. The Kier molecular flexibility index (Phi) is 4.83. The van der Waals surface area contributed by atoms with Crippen LogP contribution in [-0.2, 0) is 19.7 Å². The van der Waals surface area contributed by atoms with E-state index in [9.17, 15) is 24.8 Å². The first-order valence-electron chi connectivity index (χ1n) is 5.60. The fourth-order valence-electron chi connectivity index (χ4n) is 1.67. The molecule has 1 rings (SSSR count). The Balaban J connectivity index is 3.55. The van der Waals surface area contributed by atoms with Gasteiger partial charge in [-0.3, -0.25) is 19.7 Å². The number of nitro groups is 1. The molecular formula is C12H12BrNO6. The van der Waals surface area contributed by atoms with Crippen LogP contribution < -0.4 is 0 Å². The zero-order valence-corrected chi connectivity index (χ0v) is 12.3. The third-order valence-corrected chi connectivity index (χ3v) is 3.30. The van der Waals surface area contributed by atoms with E-state index in [1.54, 1.807) is 0 Å². The second-order valence-corrected chi connectivity index (χ2v) is 4.98. The summed E-state index contributed by atoms with van der Waals surface area (Å²) in [6, 6.07) is 3.81. The minimum atomic E-state index is -2.14. The molecule has 0 saturated carbocycles. The van der Waals surface area contributed by atoms with E-state index in [2.05, 4.69) is 15.9 Å². The molecular weight excluding hydrogens is 334 g/mol. The number of ether oxygens (including phenoxy) is 1. The molecule has 0 bridgehead atoms.